The summed E-state index contributed by atoms with van der Waals surface area (Å²) < 4.78 is 0.846. The Hall–Kier alpha value is -1.93. The molecule has 1 heterocycles. The van der Waals surface area contributed by atoms with E-state index in [9.17, 15) is 14.4 Å². The van der Waals surface area contributed by atoms with Crippen LogP contribution >= 0.6 is 15.9 Å². The average Bonchev–Trinajstić information content (AvgIpc) is 2.45. The summed E-state index contributed by atoms with van der Waals surface area (Å²) in [5, 5.41) is 11.5. The topological polar surface area (TPSA) is 115 Å². The van der Waals surface area contributed by atoms with Gasteiger partial charge >= 0.3 is 17.1 Å². The van der Waals surface area contributed by atoms with Crippen LogP contribution in [0.5, 0.6) is 0 Å². The van der Waals surface area contributed by atoms with Crippen LogP contribution in [-0.2, 0) is 17.6 Å². The standard InChI is InChI=1S/C14H16BrN3O4/c1-2-7-8(3-4-16-6-11(19)20)12-10(5-9(7)15)17-13(21)14(22)18-12/h5,16H,2-4,6H2,1H3,(H,17,21)(H,18,22)(H,19,20). The highest BCUT2D eigenvalue weighted by molar-refractivity contribution is 9.10. The van der Waals surface area contributed by atoms with Crippen LogP contribution in [-0.4, -0.2) is 34.1 Å². The number of hydrogen-bond donors (Lipinski definition) is 4. The number of hydrogen-bond acceptors (Lipinski definition) is 4. The first kappa shape index (κ1) is 16.4. The third-order valence-electron chi connectivity index (χ3n) is 3.37. The van der Waals surface area contributed by atoms with Gasteiger partial charge in [-0.25, -0.2) is 0 Å². The summed E-state index contributed by atoms with van der Waals surface area (Å²) in [6.45, 7) is 2.32. The molecule has 118 valence electrons. The van der Waals surface area contributed by atoms with Crippen LogP contribution in [0.2, 0.25) is 0 Å². The number of carboxylic acids is 1. The van der Waals surface area contributed by atoms with Crippen molar-refractivity contribution in [2.24, 2.45) is 0 Å². The predicted molar refractivity (Wildman–Crippen MR) is 86.5 cm³/mol. The van der Waals surface area contributed by atoms with E-state index in [1.807, 2.05) is 6.92 Å². The van der Waals surface area contributed by atoms with Crippen molar-refractivity contribution < 1.29 is 9.90 Å². The lowest BCUT2D eigenvalue weighted by molar-refractivity contribution is -0.135. The first-order chi connectivity index (χ1) is 10.4. The SMILES string of the molecule is CCc1c(Br)cc2[nH]c(=O)c(=O)[nH]c2c1CCNCC(=O)O. The molecule has 2 rings (SSSR count). The molecule has 0 radical (unpaired) electrons. The first-order valence-electron chi connectivity index (χ1n) is 6.83. The number of carboxylic acid groups (broad SMARTS) is 1. The Balaban J connectivity index is 2.48. The molecule has 0 saturated carbocycles. The van der Waals surface area contributed by atoms with Crippen molar-refractivity contribution in [2.45, 2.75) is 19.8 Å². The molecule has 0 unspecified atom stereocenters. The average molecular weight is 370 g/mol. The largest absolute Gasteiger partial charge is 0.480 e. The van der Waals surface area contributed by atoms with Gasteiger partial charge in [-0.2, -0.15) is 0 Å². The minimum Gasteiger partial charge on any atom is -0.480 e. The number of carbonyl (C=O) groups is 1. The van der Waals surface area contributed by atoms with E-state index in [0.29, 0.717) is 24.0 Å². The Morgan fingerprint density at radius 1 is 1.27 bits per heavy atom. The van der Waals surface area contributed by atoms with E-state index in [-0.39, 0.29) is 6.54 Å². The maximum absolute atomic E-state index is 11.6. The smallest absolute Gasteiger partial charge is 0.317 e. The zero-order chi connectivity index (χ0) is 16.3. The molecular weight excluding hydrogens is 354 g/mol. The van der Waals surface area contributed by atoms with Crippen molar-refractivity contribution in [3.63, 3.8) is 0 Å². The number of H-pyrrole nitrogens is 2. The molecule has 1 aromatic carbocycles. The Bertz CT molecular complexity index is 825. The molecule has 0 amide bonds. The van der Waals surface area contributed by atoms with Gasteiger partial charge in [-0.15, -0.1) is 0 Å². The van der Waals surface area contributed by atoms with Gasteiger partial charge in [0.1, 0.15) is 0 Å². The molecular formula is C14H16BrN3O4. The van der Waals surface area contributed by atoms with Crippen molar-refractivity contribution >= 4 is 32.9 Å². The normalized spacial score (nSPS) is 11.0. The summed E-state index contributed by atoms with van der Waals surface area (Å²) in [4.78, 5) is 38.7. The van der Waals surface area contributed by atoms with E-state index in [4.69, 9.17) is 5.11 Å². The molecule has 0 fully saturated rings. The number of halogens is 1. The van der Waals surface area contributed by atoms with Gasteiger partial charge in [0.05, 0.1) is 17.6 Å². The highest BCUT2D eigenvalue weighted by Crippen LogP contribution is 2.27. The number of aromatic amines is 2. The van der Waals surface area contributed by atoms with Crippen LogP contribution in [0.1, 0.15) is 18.1 Å². The highest BCUT2D eigenvalue weighted by Gasteiger charge is 2.13. The minimum absolute atomic E-state index is 0.124. The van der Waals surface area contributed by atoms with E-state index in [2.05, 4.69) is 31.2 Å². The maximum Gasteiger partial charge on any atom is 0.317 e. The second-order valence-electron chi connectivity index (χ2n) is 4.82. The van der Waals surface area contributed by atoms with Gasteiger partial charge < -0.3 is 20.4 Å². The monoisotopic (exact) mass is 369 g/mol. The summed E-state index contributed by atoms with van der Waals surface area (Å²) in [6, 6.07) is 1.76. The molecule has 22 heavy (non-hydrogen) atoms. The lowest BCUT2D eigenvalue weighted by Gasteiger charge is -2.14. The zero-order valence-electron chi connectivity index (χ0n) is 12.0. The number of benzene rings is 1. The number of nitrogens with one attached hydrogen (secondary N) is 3. The van der Waals surface area contributed by atoms with Crippen molar-refractivity contribution in [1.82, 2.24) is 15.3 Å². The summed E-state index contributed by atoms with van der Waals surface area (Å²) in [5.41, 5.74) is 1.64. The van der Waals surface area contributed by atoms with Gasteiger partial charge in [0.25, 0.3) is 0 Å². The lowest BCUT2D eigenvalue weighted by Crippen LogP contribution is -2.30. The molecule has 0 bridgehead atoms. The summed E-state index contributed by atoms with van der Waals surface area (Å²) in [7, 11) is 0. The zero-order valence-corrected chi connectivity index (χ0v) is 13.5. The molecule has 0 aliphatic rings. The predicted octanol–water partition coefficient (Wildman–Crippen LogP) is 0.758. The molecule has 7 nitrogen and oxygen atoms in total. The van der Waals surface area contributed by atoms with Crippen molar-refractivity contribution in [3.05, 3.63) is 42.4 Å². The van der Waals surface area contributed by atoms with E-state index >= 15 is 0 Å². The van der Waals surface area contributed by atoms with E-state index in [1.165, 1.54) is 0 Å². The van der Waals surface area contributed by atoms with Crippen LogP contribution in [0.15, 0.2) is 20.1 Å². The highest BCUT2D eigenvalue weighted by atomic mass is 79.9. The Morgan fingerprint density at radius 3 is 2.59 bits per heavy atom. The van der Waals surface area contributed by atoms with Gasteiger partial charge in [0, 0.05) is 4.47 Å². The fraction of sp³-hybridized carbons (Fsp3) is 0.357. The third-order valence-corrected chi connectivity index (χ3v) is 4.08. The minimum atomic E-state index is -0.924. The number of aromatic nitrogens is 2. The molecule has 8 heteroatoms. The second kappa shape index (κ2) is 6.89. The Kier molecular flexibility index (Phi) is 5.15. The third kappa shape index (κ3) is 3.45. The molecule has 0 atom stereocenters. The Morgan fingerprint density at radius 2 is 1.95 bits per heavy atom. The van der Waals surface area contributed by atoms with Crippen molar-refractivity contribution in [3.8, 4) is 0 Å². The van der Waals surface area contributed by atoms with Gasteiger partial charge in [0.15, 0.2) is 0 Å². The summed E-state index contributed by atoms with van der Waals surface area (Å²) in [6.07, 6.45) is 1.28. The number of fused-ring (bicyclic) bond motifs is 1. The Labute approximate surface area is 133 Å². The summed E-state index contributed by atoms with van der Waals surface area (Å²) >= 11 is 3.48. The van der Waals surface area contributed by atoms with Crippen LogP contribution in [0.25, 0.3) is 11.0 Å². The quantitative estimate of drug-likeness (QED) is 0.443. The summed E-state index contributed by atoms with van der Waals surface area (Å²) in [5.74, 6) is -0.924. The molecule has 0 spiro atoms. The fourth-order valence-electron chi connectivity index (χ4n) is 2.40. The molecule has 0 saturated heterocycles. The second-order valence-corrected chi connectivity index (χ2v) is 5.67. The molecule has 0 aliphatic heterocycles. The molecule has 4 N–H and O–H groups in total. The molecule has 2 aromatic rings. The van der Waals surface area contributed by atoms with Crippen LogP contribution in [0.4, 0.5) is 0 Å². The lowest BCUT2D eigenvalue weighted by atomic mass is 10.00. The van der Waals surface area contributed by atoms with Crippen LogP contribution in [0, 0.1) is 0 Å². The van der Waals surface area contributed by atoms with E-state index in [1.54, 1.807) is 6.07 Å². The van der Waals surface area contributed by atoms with Crippen molar-refractivity contribution in [2.75, 3.05) is 13.1 Å². The number of rotatable bonds is 6. The fourth-order valence-corrected chi connectivity index (χ4v) is 3.15. The van der Waals surface area contributed by atoms with E-state index < -0.39 is 17.1 Å². The van der Waals surface area contributed by atoms with E-state index in [0.717, 1.165) is 22.0 Å². The first-order valence-corrected chi connectivity index (χ1v) is 7.62. The van der Waals surface area contributed by atoms with Crippen LogP contribution < -0.4 is 16.4 Å². The van der Waals surface area contributed by atoms with Gasteiger partial charge in [-0.05, 0) is 36.6 Å². The van der Waals surface area contributed by atoms with Gasteiger partial charge in [-0.3, -0.25) is 14.4 Å². The van der Waals surface area contributed by atoms with Gasteiger partial charge in [0.2, 0.25) is 0 Å². The van der Waals surface area contributed by atoms with Gasteiger partial charge in [-0.1, -0.05) is 22.9 Å². The molecule has 1 aromatic heterocycles. The number of aliphatic carboxylic acids is 1. The van der Waals surface area contributed by atoms with Crippen molar-refractivity contribution in [1.29, 1.82) is 0 Å². The van der Waals surface area contributed by atoms with Crippen LogP contribution in [0.3, 0.4) is 0 Å². The molecule has 0 aliphatic carbocycles. The maximum atomic E-state index is 11.6.